The first-order valence-corrected chi connectivity index (χ1v) is 6.42. The molecule has 1 amide bonds. The summed E-state index contributed by atoms with van der Waals surface area (Å²) in [5, 5.41) is 0. The smallest absolute Gasteiger partial charge is 0.214 e. The molecule has 2 nitrogen and oxygen atoms in total. The van der Waals surface area contributed by atoms with Crippen molar-refractivity contribution in [3.63, 3.8) is 0 Å². The van der Waals surface area contributed by atoms with Crippen LogP contribution in [0.15, 0.2) is 30.3 Å². The summed E-state index contributed by atoms with van der Waals surface area (Å²) in [5.74, 6) is 0.955. The minimum absolute atomic E-state index is 0.255. The lowest BCUT2D eigenvalue weighted by Gasteiger charge is -2.21. The van der Waals surface area contributed by atoms with E-state index in [0.29, 0.717) is 0 Å². The number of hydrogen-bond acceptors (Lipinski definition) is 2. The van der Waals surface area contributed by atoms with Gasteiger partial charge in [-0.25, -0.2) is 0 Å². The zero-order chi connectivity index (χ0) is 12.0. The molecule has 0 fully saturated rings. The van der Waals surface area contributed by atoms with E-state index in [9.17, 15) is 4.79 Å². The summed E-state index contributed by atoms with van der Waals surface area (Å²) < 4.78 is 0.255. The number of rotatable bonds is 5. The highest BCUT2D eigenvalue weighted by Crippen LogP contribution is 2.23. The quantitative estimate of drug-likeness (QED) is 0.733. The third-order valence-electron chi connectivity index (χ3n) is 2.08. The second-order valence-electron chi connectivity index (χ2n) is 4.60. The number of thioether (sulfide) groups is 1. The summed E-state index contributed by atoms with van der Waals surface area (Å²) in [6, 6.07) is 9.76. The lowest BCUT2D eigenvalue weighted by Crippen LogP contribution is -2.25. The number of nitrogens with zero attached hydrogens (tertiary/aromatic N) is 1. The molecule has 0 saturated heterocycles. The van der Waals surface area contributed by atoms with Crippen molar-refractivity contribution in [2.24, 2.45) is 0 Å². The van der Waals surface area contributed by atoms with Crippen LogP contribution in [-0.4, -0.2) is 23.5 Å². The molecule has 0 bridgehead atoms. The van der Waals surface area contributed by atoms with E-state index in [-0.39, 0.29) is 4.75 Å². The fraction of sp³-hybridized carbons (Fsp3) is 0.462. The molecule has 0 radical (unpaired) electrons. The zero-order valence-electron chi connectivity index (χ0n) is 10.1. The monoisotopic (exact) mass is 237 g/mol. The van der Waals surface area contributed by atoms with Gasteiger partial charge >= 0.3 is 0 Å². The first-order chi connectivity index (χ1) is 7.53. The van der Waals surface area contributed by atoms with E-state index in [0.717, 1.165) is 24.4 Å². The van der Waals surface area contributed by atoms with Crippen molar-refractivity contribution < 1.29 is 4.79 Å². The summed E-state index contributed by atoms with van der Waals surface area (Å²) in [6.45, 7) is 7.32. The Morgan fingerprint density at radius 1 is 1.25 bits per heavy atom. The van der Waals surface area contributed by atoms with Gasteiger partial charge in [-0.1, -0.05) is 39.0 Å². The minimum Gasteiger partial charge on any atom is -0.314 e. The van der Waals surface area contributed by atoms with Gasteiger partial charge < -0.3 is 4.90 Å². The first kappa shape index (κ1) is 13.1. The number of hydrogen-bond donors (Lipinski definition) is 0. The Morgan fingerprint density at radius 3 is 2.38 bits per heavy atom. The Balaban J connectivity index is 2.48. The standard InChI is InChI=1S/C13H19NOS/c1-13(2,3)16-10-9-14(11-15)12-7-5-4-6-8-12/h4-8,11H,9-10H2,1-3H3. The largest absolute Gasteiger partial charge is 0.314 e. The molecule has 0 N–H and O–H groups in total. The molecule has 0 heterocycles. The second kappa shape index (κ2) is 5.94. The molecule has 0 aliphatic rings. The molecule has 88 valence electrons. The molecule has 0 unspecified atom stereocenters. The molecular weight excluding hydrogens is 218 g/mol. The van der Waals surface area contributed by atoms with Crippen LogP contribution < -0.4 is 4.90 Å². The fourth-order valence-electron chi connectivity index (χ4n) is 1.31. The van der Waals surface area contributed by atoms with Gasteiger partial charge in [0.05, 0.1) is 0 Å². The summed E-state index contributed by atoms with van der Waals surface area (Å²) in [6.07, 6.45) is 0.901. The molecular formula is C13H19NOS. The molecule has 3 heteroatoms. The Morgan fingerprint density at radius 2 is 1.88 bits per heavy atom. The van der Waals surface area contributed by atoms with E-state index < -0.39 is 0 Å². The summed E-state index contributed by atoms with van der Waals surface area (Å²) in [7, 11) is 0. The van der Waals surface area contributed by atoms with E-state index in [1.165, 1.54) is 0 Å². The van der Waals surface area contributed by atoms with Crippen LogP contribution in [0.1, 0.15) is 20.8 Å². The van der Waals surface area contributed by atoms with Crippen LogP contribution in [-0.2, 0) is 4.79 Å². The molecule has 0 saturated carbocycles. The summed E-state index contributed by atoms with van der Waals surface area (Å²) >= 11 is 1.87. The molecule has 0 atom stereocenters. The molecule has 0 aromatic heterocycles. The number of para-hydroxylation sites is 1. The highest BCUT2D eigenvalue weighted by atomic mass is 32.2. The minimum atomic E-state index is 0.255. The first-order valence-electron chi connectivity index (χ1n) is 5.44. The predicted molar refractivity (Wildman–Crippen MR) is 72.1 cm³/mol. The Hall–Kier alpha value is -0.960. The maximum absolute atomic E-state index is 11.0. The molecule has 1 aromatic rings. The number of carbonyl (C=O) groups excluding carboxylic acids is 1. The SMILES string of the molecule is CC(C)(C)SCCN(C=O)c1ccccc1. The van der Waals surface area contributed by atoms with E-state index in [2.05, 4.69) is 20.8 Å². The van der Waals surface area contributed by atoms with Gasteiger partial charge in [-0.05, 0) is 12.1 Å². The molecule has 0 aliphatic heterocycles. The Kier molecular flexibility index (Phi) is 4.87. The van der Waals surface area contributed by atoms with Crippen LogP contribution in [0.25, 0.3) is 0 Å². The lowest BCUT2D eigenvalue weighted by atomic mass is 10.3. The third kappa shape index (κ3) is 4.71. The maximum Gasteiger partial charge on any atom is 0.214 e. The molecule has 1 aromatic carbocycles. The van der Waals surface area contributed by atoms with Gasteiger partial charge in [0.2, 0.25) is 6.41 Å². The zero-order valence-corrected chi connectivity index (χ0v) is 11.0. The van der Waals surface area contributed by atoms with Crippen molar-refractivity contribution in [2.45, 2.75) is 25.5 Å². The number of benzene rings is 1. The van der Waals surface area contributed by atoms with Crippen molar-refractivity contribution >= 4 is 23.9 Å². The van der Waals surface area contributed by atoms with Gasteiger partial charge in [0.1, 0.15) is 0 Å². The number of carbonyl (C=O) groups is 1. The van der Waals surface area contributed by atoms with Gasteiger partial charge in [0, 0.05) is 22.7 Å². The molecule has 1 rings (SSSR count). The molecule has 16 heavy (non-hydrogen) atoms. The van der Waals surface area contributed by atoms with Crippen LogP contribution >= 0.6 is 11.8 Å². The maximum atomic E-state index is 11.0. The van der Waals surface area contributed by atoms with Crippen LogP contribution in [0.3, 0.4) is 0 Å². The Bertz CT molecular complexity index is 318. The van der Waals surface area contributed by atoms with Crippen LogP contribution in [0.5, 0.6) is 0 Å². The highest BCUT2D eigenvalue weighted by molar-refractivity contribution is 8.00. The average molecular weight is 237 g/mol. The Labute approximate surface area is 102 Å². The van der Waals surface area contributed by atoms with Gasteiger partial charge in [0.25, 0.3) is 0 Å². The molecule has 0 aliphatic carbocycles. The van der Waals surface area contributed by atoms with Crippen molar-refractivity contribution in [3.8, 4) is 0 Å². The second-order valence-corrected chi connectivity index (χ2v) is 6.52. The number of anilines is 1. The average Bonchev–Trinajstić information content (AvgIpc) is 2.24. The van der Waals surface area contributed by atoms with Crippen molar-refractivity contribution in [3.05, 3.63) is 30.3 Å². The van der Waals surface area contributed by atoms with E-state index >= 15 is 0 Å². The summed E-state index contributed by atoms with van der Waals surface area (Å²) in [5.41, 5.74) is 0.965. The van der Waals surface area contributed by atoms with Crippen LogP contribution in [0, 0.1) is 0 Å². The topological polar surface area (TPSA) is 20.3 Å². The van der Waals surface area contributed by atoms with Crippen LogP contribution in [0.2, 0.25) is 0 Å². The van der Waals surface area contributed by atoms with E-state index in [1.54, 1.807) is 4.90 Å². The van der Waals surface area contributed by atoms with E-state index in [4.69, 9.17) is 0 Å². The normalized spacial score (nSPS) is 11.2. The van der Waals surface area contributed by atoms with Crippen molar-refractivity contribution in [2.75, 3.05) is 17.2 Å². The number of amides is 1. The van der Waals surface area contributed by atoms with Crippen molar-refractivity contribution in [1.82, 2.24) is 0 Å². The van der Waals surface area contributed by atoms with E-state index in [1.807, 2.05) is 42.1 Å². The van der Waals surface area contributed by atoms with Gasteiger partial charge in [0.15, 0.2) is 0 Å². The highest BCUT2D eigenvalue weighted by Gasteiger charge is 2.11. The van der Waals surface area contributed by atoms with Crippen molar-refractivity contribution in [1.29, 1.82) is 0 Å². The lowest BCUT2D eigenvalue weighted by molar-refractivity contribution is -0.107. The fourth-order valence-corrected chi connectivity index (χ4v) is 2.21. The predicted octanol–water partition coefficient (Wildman–Crippen LogP) is 3.18. The van der Waals surface area contributed by atoms with Gasteiger partial charge in [-0.2, -0.15) is 11.8 Å². The molecule has 0 spiro atoms. The van der Waals surface area contributed by atoms with Crippen LogP contribution in [0.4, 0.5) is 5.69 Å². The van der Waals surface area contributed by atoms with Gasteiger partial charge in [-0.3, -0.25) is 4.79 Å². The third-order valence-corrected chi connectivity index (χ3v) is 3.34. The summed E-state index contributed by atoms with van der Waals surface area (Å²) in [4.78, 5) is 12.7. The van der Waals surface area contributed by atoms with Gasteiger partial charge in [-0.15, -0.1) is 0 Å².